The molecule has 0 aliphatic carbocycles. The Morgan fingerprint density at radius 3 is 2.50 bits per heavy atom. The summed E-state index contributed by atoms with van der Waals surface area (Å²) in [6.45, 7) is 2.17. The van der Waals surface area contributed by atoms with E-state index in [1.54, 1.807) is 29.5 Å². The van der Waals surface area contributed by atoms with Crippen LogP contribution < -0.4 is 5.32 Å². The molecule has 0 saturated heterocycles. The molecule has 2 aromatic carbocycles. The van der Waals surface area contributed by atoms with Crippen LogP contribution in [0.15, 0.2) is 66.0 Å². The number of thiophene rings is 1. The molecule has 0 fully saturated rings. The number of para-hydroxylation sites is 1. The average Bonchev–Trinajstić information content (AvgIpc) is 3.17. The van der Waals surface area contributed by atoms with Crippen LogP contribution in [0.25, 0.3) is 0 Å². The number of aromatic hydroxyl groups is 1. The number of aryl methyl sites for hydroxylation is 1. The summed E-state index contributed by atoms with van der Waals surface area (Å²) in [4.78, 5) is 13.7. The summed E-state index contributed by atoms with van der Waals surface area (Å²) < 4.78 is 0. The number of amides is 1. The molecule has 1 atom stereocenters. The number of nitrogens with one attached hydrogen (secondary N) is 1. The van der Waals surface area contributed by atoms with Gasteiger partial charge in [-0.2, -0.15) is 0 Å². The SMILES string of the molecule is CCCc1ccc(C(NC(=O)Cc2ccccc2O)c2cccs2)cc1. The molecule has 0 radical (unpaired) electrons. The van der Waals surface area contributed by atoms with E-state index in [4.69, 9.17) is 0 Å². The van der Waals surface area contributed by atoms with Crippen molar-refractivity contribution in [2.24, 2.45) is 0 Å². The van der Waals surface area contributed by atoms with E-state index in [0.717, 1.165) is 23.3 Å². The molecular weight excluding hydrogens is 342 g/mol. The fourth-order valence-electron chi connectivity index (χ4n) is 2.98. The van der Waals surface area contributed by atoms with E-state index in [1.165, 1.54) is 5.56 Å². The highest BCUT2D eigenvalue weighted by Crippen LogP contribution is 2.27. The molecule has 0 spiro atoms. The Hall–Kier alpha value is -2.59. The lowest BCUT2D eigenvalue weighted by atomic mass is 10.0. The number of carbonyl (C=O) groups is 1. The van der Waals surface area contributed by atoms with Crippen LogP contribution in [0, 0.1) is 0 Å². The maximum absolute atomic E-state index is 12.6. The molecule has 2 N–H and O–H groups in total. The van der Waals surface area contributed by atoms with Crippen molar-refractivity contribution in [3.63, 3.8) is 0 Å². The quantitative estimate of drug-likeness (QED) is 0.628. The van der Waals surface area contributed by atoms with Crippen molar-refractivity contribution in [2.45, 2.75) is 32.2 Å². The smallest absolute Gasteiger partial charge is 0.225 e. The predicted octanol–water partition coefficient (Wildman–Crippen LogP) is 4.85. The average molecular weight is 365 g/mol. The summed E-state index contributed by atoms with van der Waals surface area (Å²) >= 11 is 1.63. The molecule has 26 heavy (non-hydrogen) atoms. The van der Waals surface area contributed by atoms with Crippen molar-refractivity contribution in [3.8, 4) is 5.75 Å². The van der Waals surface area contributed by atoms with Crippen molar-refractivity contribution in [2.75, 3.05) is 0 Å². The molecular formula is C22H23NO2S. The molecule has 1 aromatic heterocycles. The largest absolute Gasteiger partial charge is 0.508 e. The highest BCUT2D eigenvalue weighted by Gasteiger charge is 2.18. The summed E-state index contributed by atoms with van der Waals surface area (Å²) in [6.07, 6.45) is 2.33. The second-order valence-electron chi connectivity index (χ2n) is 6.31. The molecule has 0 saturated carbocycles. The number of phenolic OH excluding ortho intramolecular Hbond substituents is 1. The van der Waals surface area contributed by atoms with Gasteiger partial charge in [0.2, 0.25) is 5.91 Å². The lowest BCUT2D eigenvalue weighted by Gasteiger charge is -2.19. The fraction of sp³-hybridized carbons (Fsp3) is 0.227. The van der Waals surface area contributed by atoms with E-state index in [1.807, 2.05) is 23.6 Å². The van der Waals surface area contributed by atoms with Crippen molar-refractivity contribution in [3.05, 3.63) is 87.6 Å². The van der Waals surface area contributed by atoms with Crippen LogP contribution >= 0.6 is 11.3 Å². The molecule has 0 bridgehead atoms. The van der Waals surface area contributed by atoms with Crippen molar-refractivity contribution >= 4 is 17.2 Å². The van der Waals surface area contributed by atoms with Crippen LogP contribution in [0.2, 0.25) is 0 Å². The molecule has 4 heteroatoms. The maximum atomic E-state index is 12.6. The predicted molar refractivity (Wildman–Crippen MR) is 107 cm³/mol. The first-order valence-corrected chi connectivity index (χ1v) is 9.74. The van der Waals surface area contributed by atoms with Gasteiger partial charge in [-0.1, -0.05) is 61.9 Å². The fourth-order valence-corrected chi connectivity index (χ4v) is 3.79. The van der Waals surface area contributed by atoms with Gasteiger partial charge in [0.25, 0.3) is 0 Å². The van der Waals surface area contributed by atoms with Crippen LogP contribution in [0.5, 0.6) is 5.75 Å². The van der Waals surface area contributed by atoms with Gasteiger partial charge in [0.15, 0.2) is 0 Å². The van der Waals surface area contributed by atoms with Crippen LogP contribution in [-0.2, 0) is 17.6 Å². The molecule has 3 aromatic rings. The Labute approximate surface area is 158 Å². The second kappa shape index (κ2) is 8.68. The molecule has 0 aliphatic heterocycles. The van der Waals surface area contributed by atoms with Gasteiger partial charge >= 0.3 is 0 Å². The number of hydrogen-bond acceptors (Lipinski definition) is 3. The van der Waals surface area contributed by atoms with Gasteiger partial charge in [-0.15, -0.1) is 11.3 Å². The summed E-state index contributed by atoms with van der Waals surface area (Å²) in [5.41, 5.74) is 3.01. The second-order valence-corrected chi connectivity index (χ2v) is 7.29. The molecule has 1 amide bonds. The normalized spacial score (nSPS) is 11.9. The number of phenols is 1. The Morgan fingerprint density at radius 2 is 1.85 bits per heavy atom. The highest BCUT2D eigenvalue weighted by atomic mass is 32.1. The Kier molecular flexibility index (Phi) is 6.08. The van der Waals surface area contributed by atoms with Crippen LogP contribution in [-0.4, -0.2) is 11.0 Å². The van der Waals surface area contributed by atoms with Crippen molar-refractivity contribution in [1.29, 1.82) is 0 Å². The highest BCUT2D eigenvalue weighted by molar-refractivity contribution is 7.10. The Morgan fingerprint density at radius 1 is 1.08 bits per heavy atom. The standard InChI is InChI=1S/C22H23NO2S/c1-2-6-16-10-12-17(13-11-16)22(20-9-5-14-26-20)23-21(25)15-18-7-3-4-8-19(18)24/h3-5,7-14,22,24H,2,6,15H2,1H3,(H,23,25). The molecule has 1 heterocycles. The van der Waals surface area contributed by atoms with Gasteiger partial charge in [0, 0.05) is 10.4 Å². The molecule has 0 aliphatic rings. The van der Waals surface area contributed by atoms with E-state index in [2.05, 4.69) is 36.5 Å². The number of carbonyl (C=O) groups excluding carboxylic acids is 1. The zero-order chi connectivity index (χ0) is 18.4. The number of benzene rings is 2. The minimum atomic E-state index is -0.177. The van der Waals surface area contributed by atoms with Crippen molar-refractivity contribution < 1.29 is 9.90 Å². The Bertz CT molecular complexity index is 841. The minimum absolute atomic E-state index is 0.109. The summed E-state index contributed by atoms with van der Waals surface area (Å²) in [5.74, 6) is 0.0433. The molecule has 3 rings (SSSR count). The molecule has 1 unspecified atom stereocenters. The van der Waals surface area contributed by atoms with Gasteiger partial charge in [-0.05, 0) is 35.1 Å². The lowest BCUT2D eigenvalue weighted by molar-refractivity contribution is -0.120. The van der Waals surface area contributed by atoms with E-state index in [9.17, 15) is 9.90 Å². The first-order chi connectivity index (χ1) is 12.7. The third-order valence-electron chi connectivity index (χ3n) is 4.33. The zero-order valence-electron chi connectivity index (χ0n) is 14.8. The zero-order valence-corrected chi connectivity index (χ0v) is 15.6. The van der Waals surface area contributed by atoms with E-state index in [0.29, 0.717) is 5.56 Å². The van der Waals surface area contributed by atoms with E-state index >= 15 is 0 Å². The summed E-state index contributed by atoms with van der Waals surface area (Å²) in [7, 11) is 0. The third kappa shape index (κ3) is 4.52. The topological polar surface area (TPSA) is 49.3 Å². The van der Waals surface area contributed by atoms with Crippen LogP contribution in [0.4, 0.5) is 0 Å². The molecule has 134 valence electrons. The van der Waals surface area contributed by atoms with Gasteiger partial charge < -0.3 is 10.4 Å². The Balaban J connectivity index is 1.79. The van der Waals surface area contributed by atoms with Gasteiger partial charge in [0.1, 0.15) is 5.75 Å². The number of hydrogen-bond donors (Lipinski definition) is 2. The maximum Gasteiger partial charge on any atom is 0.225 e. The van der Waals surface area contributed by atoms with E-state index < -0.39 is 0 Å². The van der Waals surface area contributed by atoms with Crippen LogP contribution in [0.1, 0.15) is 41.0 Å². The molecule has 3 nitrogen and oxygen atoms in total. The first-order valence-electron chi connectivity index (χ1n) is 8.86. The summed E-state index contributed by atoms with van der Waals surface area (Å²) in [5, 5.41) is 15.0. The first kappa shape index (κ1) is 18.2. The monoisotopic (exact) mass is 365 g/mol. The van der Waals surface area contributed by atoms with E-state index in [-0.39, 0.29) is 24.1 Å². The lowest BCUT2D eigenvalue weighted by Crippen LogP contribution is -2.30. The summed E-state index contributed by atoms with van der Waals surface area (Å²) in [6, 6.07) is 19.3. The van der Waals surface area contributed by atoms with Gasteiger partial charge in [-0.25, -0.2) is 0 Å². The third-order valence-corrected chi connectivity index (χ3v) is 5.26. The van der Waals surface area contributed by atoms with Crippen molar-refractivity contribution in [1.82, 2.24) is 5.32 Å². The minimum Gasteiger partial charge on any atom is -0.508 e. The number of rotatable bonds is 7. The van der Waals surface area contributed by atoms with Gasteiger partial charge in [-0.3, -0.25) is 4.79 Å². The van der Waals surface area contributed by atoms with Gasteiger partial charge in [0.05, 0.1) is 12.5 Å². The van der Waals surface area contributed by atoms with Crippen LogP contribution in [0.3, 0.4) is 0 Å².